The number of urea groups is 1. The first kappa shape index (κ1) is 16.7. The van der Waals surface area contributed by atoms with Crippen molar-refractivity contribution in [3.05, 3.63) is 42.5 Å². The minimum Gasteiger partial charge on any atom is -0.462 e. The van der Waals surface area contributed by atoms with Crippen LogP contribution in [0.25, 0.3) is 10.8 Å². The molecule has 4 amide bonds. The van der Waals surface area contributed by atoms with Crippen LogP contribution in [-0.2, 0) is 19.1 Å². The number of hydrogen-bond acceptors (Lipinski definition) is 5. The lowest BCUT2D eigenvalue weighted by Gasteiger charge is -2.34. The van der Waals surface area contributed by atoms with E-state index in [4.69, 9.17) is 0 Å². The highest BCUT2D eigenvalue weighted by molar-refractivity contribution is 6.33. The zero-order chi connectivity index (χ0) is 19.6. The van der Waals surface area contributed by atoms with Crippen LogP contribution in [0.2, 0.25) is 0 Å². The van der Waals surface area contributed by atoms with Gasteiger partial charge >= 0.3 is 17.9 Å². The number of carbonyl (C=O) groups is 4. The van der Waals surface area contributed by atoms with Crippen molar-refractivity contribution in [1.29, 1.82) is 0 Å². The molecule has 0 aromatic heterocycles. The summed E-state index contributed by atoms with van der Waals surface area (Å²) in [7, 11) is 1.15. The van der Waals surface area contributed by atoms with Gasteiger partial charge < -0.3 is 14.5 Å². The largest absolute Gasteiger partial charge is 0.462 e. The van der Waals surface area contributed by atoms with E-state index in [1.807, 2.05) is 36.4 Å². The van der Waals surface area contributed by atoms with Crippen molar-refractivity contribution < 1.29 is 23.9 Å². The van der Waals surface area contributed by atoms with Crippen molar-refractivity contribution in [3.8, 4) is 0 Å². The lowest BCUT2D eigenvalue weighted by Crippen LogP contribution is -2.56. The third kappa shape index (κ3) is 2.05. The van der Waals surface area contributed by atoms with Gasteiger partial charge in [-0.15, -0.1) is 0 Å². The number of ether oxygens (including phenoxy) is 1. The van der Waals surface area contributed by atoms with Crippen LogP contribution in [0.1, 0.15) is 6.42 Å². The molecule has 3 saturated heterocycles. The van der Waals surface area contributed by atoms with Crippen molar-refractivity contribution in [3.63, 3.8) is 0 Å². The molecule has 2 aromatic rings. The molecule has 3 aliphatic rings. The molecular weight excluding hydrogens is 362 g/mol. The predicted molar refractivity (Wildman–Crippen MR) is 98.4 cm³/mol. The molecule has 0 N–H and O–H groups in total. The Morgan fingerprint density at radius 3 is 2.61 bits per heavy atom. The fraction of sp³-hybridized carbons (Fsp3) is 0.300. The number of fused-ring (bicyclic) bond motifs is 6. The minimum atomic E-state index is -0.957. The number of carbonyl (C=O) groups excluding carboxylic acids is 4. The molecule has 1 unspecified atom stereocenters. The van der Waals surface area contributed by atoms with Crippen molar-refractivity contribution in [2.75, 3.05) is 18.6 Å². The van der Waals surface area contributed by atoms with Gasteiger partial charge in [-0.25, -0.2) is 14.5 Å². The van der Waals surface area contributed by atoms with Crippen molar-refractivity contribution in [2.45, 2.75) is 24.5 Å². The third-order valence-electron chi connectivity index (χ3n) is 5.89. The summed E-state index contributed by atoms with van der Waals surface area (Å²) in [6.07, 6.45) is 0.494. The lowest BCUT2D eigenvalue weighted by atomic mass is 10.1. The maximum atomic E-state index is 13.2. The zero-order valence-corrected chi connectivity index (χ0v) is 15.1. The summed E-state index contributed by atoms with van der Waals surface area (Å²) in [5, 5.41) is 1.74. The van der Waals surface area contributed by atoms with Crippen LogP contribution in [0.15, 0.2) is 42.5 Å². The summed E-state index contributed by atoms with van der Waals surface area (Å²) in [5.41, 5.74) is 0.535. The molecule has 2 bridgehead atoms. The lowest BCUT2D eigenvalue weighted by molar-refractivity contribution is -0.160. The Hall–Kier alpha value is -3.42. The Bertz CT molecular complexity index is 1050. The second-order valence-corrected chi connectivity index (χ2v) is 7.21. The number of piperazine rings is 1. The Kier molecular flexibility index (Phi) is 3.46. The highest BCUT2D eigenvalue weighted by Gasteiger charge is 2.63. The van der Waals surface area contributed by atoms with Crippen LogP contribution >= 0.6 is 0 Å². The number of likely N-dealkylation sites (tertiary alicyclic amines) is 1. The molecule has 3 aliphatic heterocycles. The number of amides is 4. The molecule has 0 spiro atoms. The average molecular weight is 379 g/mol. The molecule has 3 atom stereocenters. The van der Waals surface area contributed by atoms with E-state index in [0.717, 1.165) is 17.9 Å². The molecule has 0 radical (unpaired) electrons. The van der Waals surface area contributed by atoms with E-state index >= 15 is 0 Å². The second kappa shape index (κ2) is 5.79. The van der Waals surface area contributed by atoms with Crippen molar-refractivity contribution in [2.24, 2.45) is 0 Å². The fourth-order valence-corrected chi connectivity index (χ4v) is 4.72. The number of methoxy groups -OCH3 is 1. The fourth-order valence-electron chi connectivity index (χ4n) is 4.72. The van der Waals surface area contributed by atoms with E-state index in [-0.39, 0.29) is 24.5 Å². The SMILES string of the molecule is COC(=O)C(=O)N1C[C@H]2CC1[C@H]1C(=O)N(c3cccc4ccccc34)C(=O)N21. The maximum absolute atomic E-state index is 13.2. The smallest absolute Gasteiger partial charge is 0.396 e. The van der Waals surface area contributed by atoms with Gasteiger partial charge in [-0.1, -0.05) is 36.4 Å². The molecule has 0 saturated carbocycles. The number of rotatable bonds is 1. The van der Waals surface area contributed by atoms with E-state index in [1.54, 1.807) is 11.0 Å². The number of anilines is 1. The Morgan fingerprint density at radius 1 is 1.07 bits per heavy atom. The van der Waals surface area contributed by atoms with Gasteiger partial charge in [0.15, 0.2) is 0 Å². The Labute approximate surface area is 160 Å². The summed E-state index contributed by atoms with van der Waals surface area (Å²) in [4.78, 5) is 54.5. The first-order valence-electron chi connectivity index (χ1n) is 9.06. The van der Waals surface area contributed by atoms with E-state index in [9.17, 15) is 19.2 Å². The summed E-state index contributed by atoms with van der Waals surface area (Å²) in [6.45, 7) is 0.234. The van der Waals surface area contributed by atoms with Gasteiger partial charge in [-0.05, 0) is 17.9 Å². The van der Waals surface area contributed by atoms with Crippen LogP contribution in [0.3, 0.4) is 0 Å². The maximum Gasteiger partial charge on any atom is 0.396 e. The highest BCUT2D eigenvalue weighted by atomic mass is 16.5. The van der Waals surface area contributed by atoms with Crippen LogP contribution in [0, 0.1) is 0 Å². The van der Waals surface area contributed by atoms with Gasteiger partial charge in [0.1, 0.15) is 6.04 Å². The van der Waals surface area contributed by atoms with Crippen LogP contribution in [-0.4, -0.2) is 65.4 Å². The molecule has 3 heterocycles. The summed E-state index contributed by atoms with van der Waals surface area (Å²) in [5.74, 6) is -2.09. The molecule has 8 nitrogen and oxygen atoms in total. The minimum absolute atomic E-state index is 0.234. The van der Waals surface area contributed by atoms with Crippen LogP contribution in [0.5, 0.6) is 0 Å². The number of hydrogen-bond donors (Lipinski definition) is 0. The van der Waals surface area contributed by atoms with Gasteiger partial charge in [0.25, 0.3) is 5.91 Å². The Balaban J connectivity index is 1.53. The Morgan fingerprint density at radius 2 is 1.82 bits per heavy atom. The number of esters is 1. The molecule has 3 fully saturated rings. The summed E-state index contributed by atoms with van der Waals surface area (Å²) in [6, 6.07) is 11.1. The quantitative estimate of drug-likeness (QED) is 0.421. The average Bonchev–Trinajstić information content (AvgIpc) is 3.38. The van der Waals surface area contributed by atoms with Crippen LogP contribution in [0.4, 0.5) is 10.5 Å². The summed E-state index contributed by atoms with van der Waals surface area (Å²) < 4.78 is 4.52. The van der Waals surface area contributed by atoms with Gasteiger partial charge in [0.2, 0.25) is 0 Å². The van der Waals surface area contributed by atoms with E-state index in [1.165, 1.54) is 9.80 Å². The zero-order valence-electron chi connectivity index (χ0n) is 15.1. The summed E-state index contributed by atoms with van der Waals surface area (Å²) >= 11 is 0. The van der Waals surface area contributed by atoms with Crippen molar-refractivity contribution in [1.82, 2.24) is 9.80 Å². The predicted octanol–water partition coefficient (Wildman–Crippen LogP) is 1.13. The van der Waals surface area contributed by atoms with Gasteiger partial charge in [-0.3, -0.25) is 9.59 Å². The standard InChI is InChI=1S/C20H17N3O5/c1-28-19(26)18(25)21-10-12-9-15(21)16-17(24)23(20(27)22(12)16)14-8-4-6-11-5-2-3-7-13(11)14/h2-8,12,15-16H,9-10H2,1H3/t12-,15?,16+/m1/s1. The third-order valence-corrected chi connectivity index (χ3v) is 5.89. The first-order chi connectivity index (χ1) is 13.5. The molecular formula is C20H17N3O5. The molecule has 2 aromatic carbocycles. The second-order valence-electron chi connectivity index (χ2n) is 7.21. The van der Waals surface area contributed by atoms with Gasteiger partial charge in [0.05, 0.1) is 24.9 Å². The normalized spacial score (nSPS) is 25.6. The number of imide groups is 1. The van der Waals surface area contributed by atoms with Gasteiger partial charge in [0, 0.05) is 11.9 Å². The molecule has 28 heavy (non-hydrogen) atoms. The monoisotopic (exact) mass is 379 g/mol. The molecule has 5 rings (SSSR count). The van der Waals surface area contributed by atoms with E-state index < -0.39 is 24.0 Å². The van der Waals surface area contributed by atoms with Crippen LogP contribution < -0.4 is 4.90 Å². The van der Waals surface area contributed by atoms with Crippen molar-refractivity contribution >= 4 is 40.3 Å². The number of benzene rings is 2. The first-order valence-corrected chi connectivity index (χ1v) is 9.06. The van der Waals surface area contributed by atoms with E-state index in [0.29, 0.717) is 12.1 Å². The highest BCUT2D eigenvalue weighted by Crippen LogP contribution is 2.43. The molecule has 0 aliphatic carbocycles. The number of nitrogens with zero attached hydrogens (tertiary/aromatic N) is 3. The van der Waals surface area contributed by atoms with E-state index in [2.05, 4.69) is 4.74 Å². The molecule has 8 heteroatoms. The topological polar surface area (TPSA) is 87.2 Å². The molecule has 142 valence electrons. The van der Waals surface area contributed by atoms with Gasteiger partial charge in [-0.2, -0.15) is 0 Å².